The molecule has 0 saturated carbocycles. The molecule has 0 radical (unpaired) electrons. The number of benzene rings is 1. The first-order chi connectivity index (χ1) is 12.6. The van der Waals surface area contributed by atoms with Crippen molar-refractivity contribution >= 4 is 11.6 Å². The van der Waals surface area contributed by atoms with Gasteiger partial charge >= 0.3 is 0 Å². The van der Waals surface area contributed by atoms with Crippen LogP contribution in [0.5, 0.6) is 0 Å². The van der Waals surface area contributed by atoms with E-state index in [1.54, 1.807) is 6.20 Å². The molecule has 0 aliphatic carbocycles. The number of pyridine rings is 1. The minimum absolute atomic E-state index is 0.102. The highest BCUT2D eigenvalue weighted by atomic mass is 16.2. The molecule has 1 aromatic heterocycles. The van der Waals surface area contributed by atoms with Gasteiger partial charge in [-0.05, 0) is 49.6 Å². The van der Waals surface area contributed by atoms with E-state index in [1.165, 1.54) is 11.3 Å². The van der Waals surface area contributed by atoms with E-state index in [-0.39, 0.29) is 11.9 Å². The van der Waals surface area contributed by atoms with Crippen LogP contribution in [0.15, 0.2) is 48.8 Å². The summed E-state index contributed by atoms with van der Waals surface area (Å²) in [5.41, 5.74) is 3.71. The third-order valence-electron chi connectivity index (χ3n) is 4.78. The lowest BCUT2D eigenvalue weighted by Crippen LogP contribution is -2.50. The molecule has 1 atom stereocenters. The number of piperazine rings is 1. The van der Waals surface area contributed by atoms with Gasteiger partial charge < -0.3 is 10.2 Å². The van der Waals surface area contributed by atoms with Crippen molar-refractivity contribution in [3.63, 3.8) is 0 Å². The van der Waals surface area contributed by atoms with Crippen LogP contribution in [0.1, 0.15) is 18.1 Å². The molecule has 2 aromatic rings. The Kier molecular flexibility index (Phi) is 6.23. The fourth-order valence-corrected chi connectivity index (χ4v) is 3.44. The summed E-state index contributed by atoms with van der Waals surface area (Å²) in [7, 11) is 0. The second-order valence-corrected chi connectivity index (χ2v) is 7.14. The molecule has 0 bridgehead atoms. The number of amides is 1. The number of anilines is 1. The molecule has 1 N–H and O–H groups in total. The average molecular weight is 352 g/mol. The zero-order chi connectivity index (χ0) is 18.4. The molecule has 138 valence electrons. The number of carbonyl (C=O) groups is 1. The Morgan fingerprint density at radius 1 is 1.19 bits per heavy atom. The molecule has 3 rings (SSSR count). The van der Waals surface area contributed by atoms with Gasteiger partial charge in [0, 0.05) is 50.3 Å². The van der Waals surface area contributed by atoms with Gasteiger partial charge in [-0.15, -0.1) is 0 Å². The van der Waals surface area contributed by atoms with E-state index < -0.39 is 0 Å². The third-order valence-corrected chi connectivity index (χ3v) is 4.78. The van der Waals surface area contributed by atoms with Crippen LogP contribution < -0.4 is 10.2 Å². The summed E-state index contributed by atoms with van der Waals surface area (Å²) in [6.07, 6.45) is 4.43. The summed E-state index contributed by atoms with van der Waals surface area (Å²) in [6, 6.07) is 12.7. The fourth-order valence-electron chi connectivity index (χ4n) is 3.44. The monoisotopic (exact) mass is 352 g/mol. The highest BCUT2D eigenvalue weighted by Gasteiger charge is 2.20. The first-order valence-corrected chi connectivity index (χ1v) is 9.32. The van der Waals surface area contributed by atoms with Gasteiger partial charge in [-0.1, -0.05) is 18.2 Å². The highest BCUT2D eigenvalue weighted by molar-refractivity contribution is 5.78. The number of hydrogen-bond donors (Lipinski definition) is 1. The van der Waals surface area contributed by atoms with Gasteiger partial charge in [0.25, 0.3) is 0 Å². The molecule has 5 nitrogen and oxygen atoms in total. The predicted molar refractivity (Wildman–Crippen MR) is 105 cm³/mol. The summed E-state index contributed by atoms with van der Waals surface area (Å²) in [6.45, 7) is 8.39. The van der Waals surface area contributed by atoms with Crippen molar-refractivity contribution in [3.05, 3.63) is 59.9 Å². The van der Waals surface area contributed by atoms with Crippen LogP contribution in [0.25, 0.3) is 0 Å². The molecule has 1 saturated heterocycles. The molecule has 1 aliphatic heterocycles. The zero-order valence-corrected chi connectivity index (χ0v) is 15.7. The van der Waals surface area contributed by atoms with Gasteiger partial charge in [-0.2, -0.15) is 0 Å². The number of hydrogen-bond acceptors (Lipinski definition) is 4. The third kappa shape index (κ3) is 5.30. The van der Waals surface area contributed by atoms with Gasteiger partial charge in [0.15, 0.2) is 0 Å². The number of nitrogens with zero attached hydrogens (tertiary/aromatic N) is 3. The van der Waals surface area contributed by atoms with Crippen LogP contribution in [0, 0.1) is 6.92 Å². The first kappa shape index (κ1) is 18.4. The van der Waals surface area contributed by atoms with E-state index in [0.29, 0.717) is 6.54 Å². The molecule has 0 spiro atoms. The summed E-state index contributed by atoms with van der Waals surface area (Å²) in [5.74, 6) is 0.102. The van der Waals surface area contributed by atoms with E-state index in [1.807, 2.05) is 25.3 Å². The Hall–Kier alpha value is -2.40. The van der Waals surface area contributed by atoms with Gasteiger partial charge in [-0.25, -0.2) is 0 Å². The van der Waals surface area contributed by atoms with Gasteiger partial charge in [-0.3, -0.25) is 14.7 Å². The number of rotatable bonds is 6. The van der Waals surface area contributed by atoms with Crippen molar-refractivity contribution in [3.8, 4) is 0 Å². The molecule has 26 heavy (non-hydrogen) atoms. The lowest BCUT2D eigenvalue weighted by Gasteiger charge is -2.36. The van der Waals surface area contributed by atoms with Crippen molar-refractivity contribution < 1.29 is 4.79 Å². The normalized spacial score (nSPS) is 16.3. The molecular formula is C21H28N4O. The van der Waals surface area contributed by atoms with E-state index >= 15 is 0 Å². The number of carbonyl (C=O) groups excluding carboxylic acids is 1. The zero-order valence-electron chi connectivity index (χ0n) is 15.7. The Morgan fingerprint density at radius 2 is 2.00 bits per heavy atom. The Balaban J connectivity index is 1.42. The van der Waals surface area contributed by atoms with Crippen molar-refractivity contribution in [2.45, 2.75) is 26.3 Å². The molecule has 1 amide bonds. The van der Waals surface area contributed by atoms with Crippen LogP contribution in [0.2, 0.25) is 0 Å². The maximum absolute atomic E-state index is 12.3. The second kappa shape index (κ2) is 8.81. The van der Waals surface area contributed by atoms with Crippen LogP contribution in [0.4, 0.5) is 5.69 Å². The van der Waals surface area contributed by atoms with Crippen molar-refractivity contribution in [2.75, 3.05) is 37.6 Å². The highest BCUT2D eigenvalue weighted by Crippen LogP contribution is 2.17. The molecule has 5 heteroatoms. The average Bonchev–Trinajstić information content (AvgIpc) is 2.63. The van der Waals surface area contributed by atoms with E-state index in [9.17, 15) is 4.79 Å². The van der Waals surface area contributed by atoms with Crippen LogP contribution in [-0.2, 0) is 11.2 Å². The van der Waals surface area contributed by atoms with Crippen LogP contribution >= 0.6 is 0 Å². The molecule has 2 heterocycles. The van der Waals surface area contributed by atoms with E-state index in [2.05, 4.69) is 51.3 Å². The lowest BCUT2D eigenvalue weighted by atomic mass is 10.1. The SMILES string of the molecule is Cc1cccc(N2CCN(CC(=O)N[C@H](C)Cc3cccnc3)CC2)c1. The van der Waals surface area contributed by atoms with Crippen molar-refractivity contribution in [1.82, 2.24) is 15.2 Å². The van der Waals surface area contributed by atoms with Gasteiger partial charge in [0.2, 0.25) is 5.91 Å². The van der Waals surface area contributed by atoms with Gasteiger partial charge in [0.1, 0.15) is 0 Å². The van der Waals surface area contributed by atoms with Crippen molar-refractivity contribution in [1.29, 1.82) is 0 Å². The smallest absolute Gasteiger partial charge is 0.234 e. The summed E-state index contributed by atoms with van der Waals surface area (Å²) in [5, 5.41) is 3.10. The Bertz CT molecular complexity index is 711. The topological polar surface area (TPSA) is 48.5 Å². The van der Waals surface area contributed by atoms with Crippen LogP contribution in [0.3, 0.4) is 0 Å². The quantitative estimate of drug-likeness (QED) is 0.866. The van der Waals surface area contributed by atoms with E-state index in [4.69, 9.17) is 0 Å². The maximum atomic E-state index is 12.3. The fraction of sp³-hybridized carbons (Fsp3) is 0.429. The Morgan fingerprint density at radius 3 is 2.69 bits per heavy atom. The molecule has 1 aromatic carbocycles. The molecule has 1 fully saturated rings. The first-order valence-electron chi connectivity index (χ1n) is 9.32. The Labute approximate surface area is 156 Å². The summed E-state index contributed by atoms with van der Waals surface area (Å²) < 4.78 is 0. The minimum Gasteiger partial charge on any atom is -0.369 e. The largest absolute Gasteiger partial charge is 0.369 e. The second-order valence-electron chi connectivity index (χ2n) is 7.14. The predicted octanol–water partition coefficient (Wildman–Crippen LogP) is 2.26. The maximum Gasteiger partial charge on any atom is 0.234 e. The lowest BCUT2D eigenvalue weighted by molar-refractivity contribution is -0.122. The van der Waals surface area contributed by atoms with Crippen molar-refractivity contribution in [2.24, 2.45) is 0 Å². The minimum atomic E-state index is 0.102. The number of nitrogens with one attached hydrogen (secondary N) is 1. The number of aryl methyl sites for hydroxylation is 1. The standard InChI is InChI=1S/C21H28N4O/c1-17-5-3-7-20(13-17)25-11-9-24(10-12-25)16-21(26)23-18(2)14-19-6-4-8-22-15-19/h3-8,13,15,18H,9-12,14,16H2,1-2H3,(H,23,26)/t18-/m1/s1. The molecule has 1 aliphatic rings. The molecule has 0 unspecified atom stereocenters. The summed E-state index contributed by atoms with van der Waals surface area (Å²) in [4.78, 5) is 21.1. The van der Waals surface area contributed by atoms with Crippen LogP contribution in [-0.4, -0.2) is 54.6 Å². The van der Waals surface area contributed by atoms with Gasteiger partial charge in [0.05, 0.1) is 6.54 Å². The summed E-state index contributed by atoms with van der Waals surface area (Å²) >= 11 is 0. The molecular weight excluding hydrogens is 324 g/mol. The number of aromatic nitrogens is 1. The van der Waals surface area contributed by atoms with E-state index in [0.717, 1.165) is 38.2 Å².